The number of allylic oxidation sites excluding steroid dienone is 14. The van der Waals surface area contributed by atoms with E-state index in [4.69, 9.17) is 18.5 Å². The molecule has 0 saturated heterocycles. The summed E-state index contributed by atoms with van der Waals surface area (Å²) in [6.45, 7) is 3.05. The summed E-state index contributed by atoms with van der Waals surface area (Å²) in [7, 11) is -5.18. The molecule has 1 aliphatic rings. The van der Waals surface area contributed by atoms with Crippen LogP contribution in [0.2, 0.25) is 0 Å². The lowest BCUT2D eigenvalue weighted by molar-refractivity contribution is -0.220. The van der Waals surface area contributed by atoms with Crippen molar-refractivity contribution in [3.05, 3.63) is 97.2 Å². The first-order valence-electron chi connectivity index (χ1n) is 23.1. The highest BCUT2D eigenvalue weighted by molar-refractivity contribution is 7.47. The summed E-state index contributed by atoms with van der Waals surface area (Å²) in [6, 6.07) is 0. The first-order chi connectivity index (χ1) is 30.8. The third-order valence-corrected chi connectivity index (χ3v) is 11.0. The molecule has 14 nitrogen and oxygen atoms in total. The van der Waals surface area contributed by atoms with E-state index in [9.17, 15) is 49.7 Å². The van der Waals surface area contributed by atoms with Crippen LogP contribution in [0.4, 0.5) is 0 Å². The number of aliphatic hydroxyl groups is 6. The number of hydrogen-bond donors (Lipinski definition) is 7. The molecule has 1 aliphatic carbocycles. The molecule has 0 aromatic rings. The second kappa shape index (κ2) is 37.9. The fraction of sp³-hybridized carbons (Fsp3) is 0.633. The maximum Gasteiger partial charge on any atom is 0.472 e. The average Bonchev–Trinajstić information content (AvgIpc) is 3.27. The summed E-state index contributed by atoms with van der Waals surface area (Å²) in [5, 5.41) is 60.3. The predicted octanol–water partition coefficient (Wildman–Crippen LogP) is 8.02. The summed E-state index contributed by atoms with van der Waals surface area (Å²) in [4.78, 5) is 35.7. The number of phosphoric acid groups is 1. The van der Waals surface area contributed by atoms with E-state index in [-0.39, 0.29) is 12.8 Å². The number of rotatable bonds is 36. The second-order valence-electron chi connectivity index (χ2n) is 15.7. The van der Waals surface area contributed by atoms with Gasteiger partial charge in [-0.15, -0.1) is 0 Å². The normalized spacial score (nSPS) is 23.0. The van der Waals surface area contributed by atoms with Crippen LogP contribution in [0.3, 0.4) is 0 Å². The van der Waals surface area contributed by atoms with Gasteiger partial charge in [-0.3, -0.25) is 18.6 Å². The maximum absolute atomic E-state index is 12.8. The van der Waals surface area contributed by atoms with Crippen LogP contribution < -0.4 is 0 Å². The Balaban J connectivity index is 2.60. The third kappa shape index (κ3) is 30.0. The largest absolute Gasteiger partial charge is 0.472 e. The van der Waals surface area contributed by atoms with Crippen molar-refractivity contribution in [3.8, 4) is 0 Å². The van der Waals surface area contributed by atoms with Crippen molar-refractivity contribution in [3.63, 3.8) is 0 Å². The molecule has 1 saturated carbocycles. The van der Waals surface area contributed by atoms with Crippen LogP contribution >= 0.6 is 7.82 Å². The highest BCUT2D eigenvalue weighted by Gasteiger charge is 2.51. The van der Waals surface area contributed by atoms with Gasteiger partial charge in [0.2, 0.25) is 0 Å². The summed E-state index contributed by atoms with van der Waals surface area (Å²) in [5.41, 5.74) is 0. The van der Waals surface area contributed by atoms with E-state index in [0.29, 0.717) is 32.1 Å². The van der Waals surface area contributed by atoms with Crippen molar-refractivity contribution < 1.29 is 68.2 Å². The molecule has 7 N–H and O–H groups in total. The summed E-state index contributed by atoms with van der Waals surface area (Å²) in [6.07, 6.45) is 33.4. The van der Waals surface area contributed by atoms with Crippen molar-refractivity contribution >= 4 is 19.8 Å². The molecular formula is C49H79O14P. The van der Waals surface area contributed by atoms with Crippen LogP contribution in [-0.4, -0.2) is 110 Å². The molecule has 64 heavy (non-hydrogen) atoms. The van der Waals surface area contributed by atoms with Crippen molar-refractivity contribution in [2.45, 2.75) is 185 Å². The van der Waals surface area contributed by atoms with Crippen LogP contribution in [0.1, 0.15) is 136 Å². The Labute approximate surface area is 382 Å². The fourth-order valence-corrected chi connectivity index (χ4v) is 7.15. The van der Waals surface area contributed by atoms with Crippen LogP contribution in [-0.2, 0) is 32.7 Å². The molecule has 4 unspecified atom stereocenters. The third-order valence-electron chi connectivity index (χ3n) is 9.98. The highest BCUT2D eigenvalue weighted by atomic mass is 31.2. The van der Waals surface area contributed by atoms with Crippen LogP contribution in [0, 0.1) is 0 Å². The Bertz CT molecular complexity index is 1500. The maximum atomic E-state index is 12.8. The molecular weight excluding hydrogens is 843 g/mol. The molecule has 0 spiro atoms. The highest BCUT2D eigenvalue weighted by Crippen LogP contribution is 2.47. The quantitative estimate of drug-likeness (QED) is 0.0104. The number of ether oxygens (including phenoxy) is 2. The molecule has 0 heterocycles. The van der Waals surface area contributed by atoms with Crippen molar-refractivity contribution in [1.29, 1.82) is 0 Å². The van der Waals surface area contributed by atoms with Crippen LogP contribution in [0.25, 0.3) is 0 Å². The number of carbonyl (C=O) groups excluding carboxylic acids is 2. The molecule has 9 atom stereocenters. The molecule has 1 rings (SSSR count). The zero-order chi connectivity index (χ0) is 47.3. The van der Waals surface area contributed by atoms with E-state index in [1.54, 1.807) is 18.2 Å². The molecule has 0 amide bonds. The van der Waals surface area contributed by atoms with E-state index < -0.39 is 81.8 Å². The summed E-state index contributed by atoms with van der Waals surface area (Å²) in [5.74, 6) is -1.31. The Morgan fingerprint density at radius 2 is 1.02 bits per heavy atom. The Morgan fingerprint density at radius 1 is 0.562 bits per heavy atom. The number of esters is 2. The van der Waals surface area contributed by atoms with E-state index in [1.165, 1.54) is 38.5 Å². The van der Waals surface area contributed by atoms with Crippen LogP contribution in [0.5, 0.6) is 0 Å². The van der Waals surface area contributed by atoms with Gasteiger partial charge in [-0.1, -0.05) is 137 Å². The van der Waals surface area contributed by atoms with Gasteiger partial charge in [0.05, 0.1) is 12.7 Å². The molecule has 0 radical (unpaired) electrons. The minimum Gasteiger partial charge on any atom is -0.462 e. The van der Waals surface area contributed by atoms with Crippen molar-refractivity contribution in [1.82, 2.24) is 0 Å². The first-order valence-corrected chi connectivity index (χ1v) is 24.6. The molecule has 364 valence electrons. The van der Waals surface area contributed by atoms with E-state index in [2.05, 4.69) is 62.5 Å². The topological polar surface area (TPSA) is 230 Å². The lowest BCUT2D eigenvalue weighted by atomic mass is 9.85. The average molecular weight is 923 g/mol. The Hall–Kier alpha value is -3.27. The SMILES string of the molecule is CCCCC/C=C\C/C=C\C/C=C\C/C=C\CCCC(=O)OC[C@H](COP(=O)(O)OC1[C@H](O)[C@H](O)C(O)[C@H](O)[C@H]1O)OC(=O)CCC/C=C/C=C\C(O)C/C=C\C/C=C\CCCCC. The zero-order valence-electron chi connectivity index (χ0n) is 38.1. The minimum absolute atomic E-state index is 0.0557. The zero-order valence-corrected chi connectivity index (χ0v) is 39.0. The standard InChI is InChI=1S/C49H79O14P/c1-3-5-7-9-11-13-14-15-16-17-18-19-20-22-24-28-32-36-42(51)60-38-41(39-61-64(58,59)63-49-47(56)45(54)44(53)46(55)48(49)57)62-43(52)37-33-29-25-27-31-35-40(50)34-30-26-23-21-12-10-8-6-4-2/h11-13,15-16,18-19,21-22,24-27,30-31,35,40-41,44-50,53-57H,3-10,14,17,20,23,28-29,32-34,36-39H2,1-2H3,(H,58,59)/b13-11-,16-15-,19-18-,21-12-,24-22-,27-25+,30-26-,35-31-/t40?,41-,44?,45-,46+,47-,48-,49?/m1/s1. The van der Waals surface area contributed by atoms with Gasteiger partial charge in [0.15, 0.2) is 6.10 Å². The number of phosphoric ester groups is 1. The molecule has 0 bridgehead atoms. The van der Waals surface area contributed by atoms with Gasteiger partial charge in [-0.25, -0.2) is 4.57 Å². The Morgan fingerprint density at radius 3 is 1.55 bits per heavy atom. The van der Waals surface area contributed by atoms with Gasteiger partial charge in [-0.05, 0) is 83.5 Å². The second-order valence-corrected chi connectivity index (χ2v) is 17.2. The lowest BCUT2D eigenvalue weighted by Crippen LogP contribution is -2.64. The molecule has 1 fully saturated rings. The van der Waals surface area contributed by atoms with Crippen molar-refractivity contribution in [2.75, 3.05) is 13.2 Å². The van der Waals surface area contributed by atoms with Crippen molar-refractivity contribution in [2.24, 2.45) is 0 Å². The molecule has 0 aromatic carbocycles. The van der Waals surface area contributed by atoms with Gasteiger partial charge in [0.1, 0.15) is 43.2 Å². The fourth-order valence-electron chi connectivity index (χ4n) is 6.17. The van der Waals surface area contributed by atoms with E-state index >= 15 is 0 Å². The first kappa shape index (κ1) is 58.7. The van der Waals surface area contributed by atoms with Gasteiger partial charge >= 0.3 is 19.8 Å². The number of carbonyl (C=O) groups is 2. The summed E-state index contributed by atoms with van der Waals surface area (Å²) < 4.78 is 33.3. The summed E-state index contributed by atoms with van der Waals surface area (Å²) >= 11 is 0. The smallest absolute Gasteiger partial charge is 0.462 e. The van der Waals surface area contributed by atoms with Gasteiger partial charge < -0.3 is 45.0 Å². The monoisotopic (exact) mass is 923 g/mol. The number of aliphatic hydroxyl groups excluding tert-OH is 6. The molecule has 0 aliphatic heterocycles. The van der Waals surface area contributed by atoms with E-state index in [1.807, 2.05) is 30.4 Å². The van der Waals surface area contributed by atoms with Crippen LogP contribution in [0.15, 0.2) is 97.2 Å². The van der Waals surface area contributed by atoms with E-state index in [0.717, 1.165) is 38.5 Å². The molecule has 15 heteroatoms. The lowest BCUT2D eigenvalue weighted by Gasteiger charge is -2.41. The van der Waals surface area contributed by atoms with Gasteiger partial charge in [0, 0.05) is 12.8 Å². The van der Waals surface area contributed by atoms with Gasteiger partial charge in [-0.2, -0.15) is 0 Å². The Kier molecular flexibility index (Phi) is 34.8. The van der Waals surface area contributed by atoms with Gasteiger partial charge in [0.25, 0.3) is 0 Å². The molecule has 0 aromatic heterocycles. The number of hydrogen-bond acceptors (Lipinski definition) is 13. The number of unbranched alkanes of at least 4 members (excludes halogenated alkanes) is 8. The predicted molar refractivity (Wildman–Crippen MR) is 250 cm³/mol. The minimum atomic E-state index is -5.18.